The molecule has 0 aromatic rings. The summed E-state index contributed by atoms with van der Waals surface area (Å²) in [5, 5.41) is 3.24. The van der Waals surface area contributed by atoms with Gasteiger partial charge in [-0.05, 0) is 19.9 Å². The lowest BCUT2D eigenvalue weighted by molar-refractivity contribution is 0.291. The maximum Gasteiger partial charge on any atom is 0.0857 e. The molecule has 1 saturated carbocycles. The van der Waals surface area contributed by atoms with Crippen molar-refractivity contribution in [2.24, 2.45) is 0 Å². The van der Waals surface area contributed by atoms with Gasteiger partial charge in [-0.3, -0.25) is 0 Å². The molecular weight excluding hydrogens is 102 g/mol. The molecule has 0 aromatic carbocycles. The van der Waals surface area contributed by atoms with Crippen molar-refractivity contribution in [2.45, 2.75) is 31.1 Å². The molecule has 1 saturated heterocycles. The minimum absolute atomic E-state index is 0.632. The van der Waals surface area contributed by atoms with E-state index in [0.29, 0.717) is 12.2 Å². The largest absolute Gasteiger partial charge is 0.369 e. The monoisotopic (exact) mass is 113 g/mol. The number of nitrogens with one attached hydrogen (secondary N) is 1. The normalized spacial score (nSPS) is 51.4. The molecule has 8 heavy (non-hydrogen) atoms. The minimum Gasteiger partial charge on any atom is -0.369 e. The van der Waals surface area contributed by atoms with Gasteiger partial charge in [0.25, 0.3) is 0 Å². The quantitative estimate of drug-likeness (QED) is 0.489. The average molecular weight is 113 g/mol. The van der Waals surface area contributed by atoms with Crippen molar-refractivity contribution in [1.29, 1.82) is 0 Å². The molecule has 0 unspecified atom stereocenters. The Morgan fingerprint density at radius 2 is 2.00 bits per heavy atom. The van der Waals surface area contributed by atoms with Gasteiger partial charge in [0.05, 0.1) is 12.2 Å². The second kappa shape index (κ2) is 1.45. The molecule has 1 N–H and O–H groups in total. The Morgan fingerprint density at radius 1 is 1.38 bits per heavy atom. The zero-order valence-corrected chi connectivity index (χ0v) is 5.05. The lowest BCUT2D eigenvalue weighted by Crippen LogP contribution is -2.23. The highest BCUT2D eigenvalue weighted by atomic mass is 16.6. The van der Waals surface area contributed by atoms with Crippen molar-refractivity contribution in [3.8, 4) is 0 Å². The molecule has 2 rings (SSSR count). The average Bonchev–Trinajstić information content (AvgIpc) is 2.40. The molecule has 0 bridgehead atoms. The minimum atomic E-state index is 0.632. The molecule has 1 aliphatic heterocycles. The first-order chi connectivity index (χ1) is 3.90. The van der Waals surface area contributed by atoms with Gasteiger partial charge < -0.3 is 10.1 Å². The maximum atomic E-state index is 5.24. The number of fused-ring (bicyclic) bond motifs is 1. The molecule has 1 heterocycles. The van der Waals surface area contributed by atoms with Crippen LogP contribution in [-0.4, -0.2) is 25.3 Å². The lowest BCUT2D eigenvalue weighted by Gasteiger charge is -2.07. The molecule has 0 spiro atoms. The molecule has 1 aliphatic carbocycles. The highest BCUT2D eigenvalue weighted by Crippen LogP contribution is 2.37. The third-order valence-electron chi connectivity index (χ3n) is 2.13. The van der Waals surface area contributed by atoms with E-state index in [9.17, 15) is 0 Å². The van der Waals surface area contributed by atoms with Crippen LogP contribution in [0, 0.1) is 0 Å². The third-order valence-corrected chi connectivity index (χ3v) is 2.13. The van der Waals surface area contributed by atoms with E-state index in [4.69, 9.17) is 4.74 Å². The van der Waals surface area contributed by atoms with Crippen molar-refractivity contribution < 1.29 is 4.74 Å². The molecule has 0 aromatic heterocycles. The first-order valence-electron chi connectivity index (χ1n) is 3.23. The summed E-state index contributed by atoms with van der Waals surface area (Å²) in [4.78, 5) is 0. The third kappa shape index (κ3) is 0.565. The van der Waals surface area contributed by atoms with Gasteiger partial charge in [0, 0.05) is 6.04 Å². The van der Waals surface area contributed by atoms with Gasteiger partial charge in [-0.2, -0.15) is 0 Å². The molecular formula is C6H11NO. The van der Waals surface area contributed by atoms with Crippen molar-refractivity contribution in [3.63, 3.8) is 0 Å². The lowest BCUT2D eigenvalue weighted by atomic mass is 10.2. The standard InChI is InChI=1S/C6H11NO/c1-7-4-2-5-6(3-4)8-5/h4-7H,2-3H2,1H3/t4-,5+,6-. The predicted molar refractivity (Wildman–Crippen MR) is 30.7 cm³/mol. The van der Waals surface area contributed by atoms with Crippen molar-refractivity contribution in [3.05, 3.63) is 0 Å². The first-order valence-corrected chi connectivity index (χ1v) is 3.23. The van der Waals surface area contributed by atoms with E-state index in [-0.39, 0.29) is 0 Å². The van der Waals surface area contributed by atoms with Crippen LogP contribution in [0.25, 0.3) is 0 Å². The van der Waals surface area contributed by atoms with Crippen LogP contribution in [0.2, 0.25) is 0 Å². The van der Waals surface area contributed by atoms with Gasteiger partial charge in [-0.15, -0.1) is 0 Å². The number of epoxide rings is 1. The second-order valence-corrected chi connectivity index (χ2v) is 2.67. The SMILES string of the molecule is CN[C@@H]1C[C@@H]2O[C@@H]2C1. The Kier molecular flexibility index (Phi) is 0.866. The number of hydrogen-bond acceptors (Lipinski definition) is 2. The summed E-state index contributed by atoms with van der Waals surface area (Å²) in [5.41, 5.74) is 0. The van der Waals surface area contributed by atoms with Crippen molar-refractivity contribution in [2.75, 3.05) is 7.05 Å². The van der Waals surface area contributed by atoms with Crippen LogP contribution in [0.15, 0.2) is 0 Å². The van der Waals surface area contributed by atoms with E-state index >= 15 is 0 Å². The van der Waals surface area contributed by atoms with E-state index in [1.807, 2.05) is 7.05 Å². The Balaban J connectivity index is 1.89. The van der Waals surface area contributed by atoms with Gasteiger partial charge in [0.1, 0.15) is 0 Å². The zero-order chi connectivity index (χ0) is 5.56. The van der Waals surface area contributed by atoms with Gasteiger partial charge in [-0.1, -0.05) is 0 Å². The van der Waals surface area contributed by atoms with E-state index in [2.05, 4.69) is 5.32 Å². The van der Waals surface area contributed by atoms with E-state index in [1.54, 1.807) is 0 Å². The summed E-state index contributed by atoms with van der Waals surface area (Å²) in [6.07, 6.45) is 3.74. The van der Waals surface area contributed by atoms with Crippen LogP contribution in [0.4, 0.5) is 0 Å². The summed E-state index contributed by atoms with van der Waals surface area (Å²) in [6, 6.07) is 0.749. The molecule has 0 radical (unpaired) electrons. The van der Waals surface area contributed by atoms with Crippen molar-refractivity contribution in [1.82, 2.24) is 5.32 Å². The summed E-state index contributed by atoms with van der Waals surface area (Å²) >= 11 is 0. The molecule has 2 fully saturated rings. The van der Waals surface area contributed by atoms with Gasteiger partial charge in [0.15, 0.2) is 0 Å². The van der Waals surface area contributed by atoms with Gasteiger partial charge in [0.2, 0.25) is 0 Å². The number of hydrogen-bond donors (Lipinski definition) is 1. The smallest absolute Gasteiger partial charge is 0.0857 e. The fourth-order valence-corrected chi connectivity index (χ4v) is 1.49. The van der Waals surface area contributed by atoms with Crippen LogP contribution in [-0.2, 0) is 4.74 Å². The summed E-state index contributed by atoms with van der Waals surface area (Å²) < 4.78 is 5.24. The Bertz CT molecular complexity index is 94.7. The predicted octanol–water partition coefficient (Wildman–Crippen LogP) is 0.136. The van der Waals surface area contributed by atoms with E-state index in [0.717, 1.165) is 6.04 Å². The highest BCUT2D eigenvalue weighted by molar-refractivity contribution is 4.98. The van der Waals surface area contributed by atoms with Crippen LogP contribution in [0.5, 0.6) is 0 Å². The van der Waals surface area contributed by atoms with Crippen LogP contribution in [0.1, 0.15) is 12.8 Å². The first kappa shape index (κ1) is 4.77. The summed E-state index contributed by atoms with van der Waals surface area (Å²) in [6.45, 7) is 0. The topological polar surface area (TPSA) is 24.6 Å². The Morgan fingerprint density at radius 3 is 2.38 bits per heavy atom. The fourth-order valence-electron chi connectivity index (χ4n) is 1.49. The molecule has 46 valence electrons. The van der Waals surface area contributed by atoms with Gasteiger partial charge >= 0.3 is 0 Å². The maximum absolute atomic E-state index is 5.24. The second-order valence-electron chi connectivity index (χ2n) is 2.67. The molecule has 2 nitrogen and oxygen atoms in total. The molecule has 3 atom stereocenters. The van der Waals surface area contributed by atoms with Crippen molar-refractivity contribution >= 4 is 0 Å². The Hall–Kier alpha value is -0.0800. The van der Waals surface area contributed by atoms with Crippen LogP contribution < -0.4 is 5.32 Å². The highest BCUT2D eigenvalue weighted by Gasteiger charge is 2.47. The molecule has 0 amide bonds. The molecule has 2 aliphatic rings. The van der Waals surface area contributed by atoms with Crippen LogP contribution >= 0.6 is 0 Å². The zero-order valence-electron chi connectivity index (χ0n) is 5.05. The molecule has 2 heteroatoms. The van der Waals surface area contributed by atoms with Crippen LogP contribution in [0.3, 0.4) is 0 Å². The fraction of sp³-hybridized carbons (Fsp3) is 1.00. The van der Waals surface area contributed by atoms with E-state index in [1.165, 1.54) is 12.8 Å². The number of ether oxygens (including phenoxy) is 1. The van der Waals surface area contributed by atoms with Gasteiger partial charge in [-0.25, -0.2) is 0 Å². The summed E-state index contributed by atoms with van der Waals surface area (Å²) in [5.74, 6) is 0. The number of rotatable bonds is 1. The van der Waals surface area contributed by atoms with E-state index < -0.39 is 0 Å². The Labute approximate surface area is 49.2 Å². The summed E-state index contributed by atoms with van der Waals surface area (Å²) in [7, 11) is 2.02.